The number of benzene rings is 1. The molecule has 0 radical (unpaired) electrons. The first-order valence-electron chi connectivity index (χ1n) is 5.95. The molecule has 1 aromatic carbocycles. The monoisotopic (exact) mass is 310 g/mol. The molecule has 114 valence electrons. The number of halogens is 3. The summed E-state index contributed by atoms with van der Waals surface area (Å²) in [4.78, 5) is -0.145. The van der Waals surface area contributed by atoms with E-state index in [0.717, 1.165) is 12.1 Å². The second kappa shape index (κ2) is 6.55. The van der Waals surface area contributed by atoms with Crippen LogP contribution in [0, 0.1) is 19.7 Å². The molecule has 0 saturated carbocycles. The van der Waals surface area contributed by atoms with Gasteiger partial charge in [0.25, 0.3) is 6.43 Å². The maximum absolute atomic E-state index is 13.2. The van der Waals surface area contributed by atoms with Gasteiger partial charge in [-0.15, -0.1) is 0 Å². The summed E-state index contributed by atoms with van der Waals surface area (Å²) >= 11 is 0. The molecule has 4 nitrogen and oxygen atoms in total. The van der Waals surface area contributed by atoms with E-state index in [0.29, 0.717) is 4.31 Å². The standard InChI is InChI=1S/C12H17F3N2O2S/c1-8-5-10(13)6-9(2)12(8)20(18,19)17(4-3-16)7-11(14)15/h5-6,11H,3-4,7,16H2,1-2H3. The SMILES string of the molecule is Cc1cc(F)cc(C)c1S(=O)(=O)N(CCN)CC(F)F. The van der Waals surface area contributed by atoms with Crippen molar-refractivity contribution in [3.05, 3.63) is 29.1 Å². The molecular formula is C12H17F3N2O2S. The molecule has 0 aromatic heterocycles. The number of nitrogens with two attached hydrogens (primary N) is 1. The molecule has 0 spiro atoms. The fraction of sp³-hybridized carbons (Fsp3) is 0.500. The quantitative estimate of drug-likeness (QED) is 0.869. The van der Waals surface area contributed by atoms with Gasteiger partial charge in [-0.05, 0) is 37.1 Å². The first kappa shape index (κ1) is 16.9. The highest BCUT2D eigenvalue weighted by Gasteiger charge is 2.29. The van der Waals surface area contributed by atoms with Crippen LogP contribution in [0.1, 0.15) is 11.1 Å². The van der Waals surface area contributed by atoms with Crippen LogP contribution in [0.15, 0.2) is 17.0 Å². The highest BCUT2D eigenvalue weighted by Crippen LogP contribution is 2.25. The molecule has 0 unspecified atom stereocenters. The van der Waals surface area contributed by atoms with Gasteiger partial charge in [-0.2, -0.15) is 4.31 Å². The molecule has 1 rings (SSSR count). The van der Waals surface area contributed by atoms with E-state index in [1.807, 2.05) is 0 Å². The third kappa shape index (κ3) is 3.71. The van der Waals surface area contributed by atoms with E-state index in [1.165, 1.54) is 13.8 Å². The van der Waals surface area contributed by atoms with Crippen molar-refractivity contribution in [2.24, 2.45) is 5.73 Å². The van der Waals surface area contributed by atoms with Gasteiger partial charge >= 0.3 is 0 Å². The highest BCUT2D eigenvalue weighted by atomic mass is 32.2. The average Bonchev–Trinajstić information content (AvgIpc) is 2.25. The topological polar surface area (TPSA) is 63.4 Å². The van der Waals surface area contributed by atoms with E-state index >= 15 is 0 Å². The summed E-state index contributed by atoms with van der Waals surface area (Å²) < 4.78 is 63.7. The minimum Gasteiger partial charge on any atom is -0.329 e. The van der Waals surface area contributed by atoms with Gasteiger partial charge in [0.2, 0.25) is 10.0 Å². The van der Waals surface area contributed by atoms with Gasteiger partial charge in [0.05, 0.1) is 11.4 Å². The number of hydrogen-bond donors (Lipinski definition) is 1. The summed E-state index contributed by atoms with van der Waals surface area (Å²) in [6.07, 6.45) is -2.81. The van der Waals surface area contributed by atoms with Gasteiger partial charge in [0, 0.05) is 13.1 Å². The van der Waals surface area contributed by atoms with E-state index in [1.54, 1.807) is 0 Å². The van der Waals surface area contributed by atoms with Crippen LogP contribution in [-0.2, 0) is 10.0 Å². The molecule has 0 aliphatic heterocycles. The normalized spacial score (nSPS) is 12.4. The number of alkyl halides is 2. The Labute approximate surface area is 116 Å². The molecule has 0 aliphatic rings. The van der Waals surface area contributed by atoms with Crippen LogP contribution in [0.4, 0.5) is 13.2 Å². The smallest absolute Gasteiger partial charge is 0.252 e. The number of rotatable bonds is 6. The first-order chi connectivity index (χ1) is 9.20. The number of aryl methyl sites for hydroxylation is 2. The molecule has 0 atom stereocenters. The number of hydrogen-bond acceptors (Lipinski definition) is 3. The maximum Gasteiger partial charge on any atom is 0.252 e. The van der Waals surface area contributed by atoms with Crippen LogP contribution in [0.25, 0.3) is 0 Å². The van der Waals surface area contributed by atoms with Gasteiger partial charge in [0.1, 0.15) is 5.82 Å². The zero-order chi connectivity index (χ0) is 15.5. The molecule has 0 aliphatic carbocycles. The van der Waals surface area contributed by atoms with Gasteiger partial charge < -0.3 is 5.73 Å². The lowest BCUT2D eigenvalue weighted by Crippen LogP contribution is -2.39. The molecule has 0 saturated heterocycles. The Morgan fingerprint density at radius 3 is 2.15 bits per heavy atom. The van der Waals surface area contributed by atoms with Crippen LogP contribution >= 0.6 is 0 Å². The predicted molar refractivity (Wildman–Crippen MR) is 69.7 cm³/mol. The summed E-state index contributed by atoms with van der Waals surface area (Å²) in [5, 5.41) is 0. The fourth-order valence-corrected chi connectivity index (χ4v) is 3.89. The Morgan fingerprint density at radius 2 is 1.75 bits per heavy atom. The third-order valence-electron chi connectivity index (χ3n) is 2.74. The van der Waals surface area contributed by atoms with Crippen LogP contribution in [0.2, 0.25) is 0 Å². The van der Waals surface area contributed by atoms with Crippen molar-refractivity contribution in [1.82, 2.24) is 4.31 Å². The second-order valence-corrected chi connectivity index (χ2v) is 6.29. The molecule has 2 N–H and O–H groups in total. The molecule has 8 heteroatoms. The van der Waals surface area contributed by atoms with E-state index in [9.17, 15) is 21.6 Å². The molecule has 20 heavy (non-hydrogen) atoms. The van der Waals surface area contributed by atoms with Gasteiger partial charge in [-0.3, -0.25) is 0 Å². The molecule has 1 aromatic rings. The van der Waals surface area contributed by atoms with E-state index in [4.69, 9.17) is 5.73 Å². The van der Waals surface area contributed by atoms with Crippen molar-refractivity contribution in [1.29, 1.82) is 0 Å². The fourth-order valence-electron chi connectivity index (χ4n) is 2.04. The minimum atomic E-state index is -4.13. The van der Waals surface area contributed by atoms with Crippen LogP contribution in [0.5, 0.6) is 0 Å². The van der Waals surface area contributed by atoms with Crippen molar-refractivity contribution in [3.8, 4) is 0 Å². The lowest BCUT2D eigenvalue weighted by molar-refractivity contribution is 0.120. The Balaban J connectivity index is 3.33. The Kier molecular flexibility index (Phi) is 5.55. The second-order valence-electron chi connectivity index (χ2n) is 4.41. The summed E-state index contributed by atoms with van der Waals surface area (Å²) in [5.41, 5.74) is 5.63. The lowest BCUT2D eigenvalue weighted by atomic mass is 10.1. The summed E-state index contributed by atoms with van der Waals surface area (Å²) in [6.45, 7) is 1.61. The molecule has 0 bridgehead atoms. The Hall–Kier alpha value is -1.12. The zero-order valence-corrected chi connectivity index (χ0v) is 12.1. The Morgan fingerprint density at radius 1 is 1.25 bits per heavy atom. The van der Waals surface area contributed by atoms with Gasteiger partial charge in [-0.25, -0.2) is 21.6 Å². The summed E-state index contributed by atoms with van der Waals surface area (Å²) in [5.74, 6) is -0.571. The maximum atomic E-state index is 13.2. The predicted octanol–water partition coefficient (Wildman–Crippen LogP) is 1.66. The molecule has 0 amide bonds. The van der Waals surface area contributed by atoms with E-state index < -0.39 is 28.8 Å². The van der Waals surface area contributed by atoms with Crippen molar-refractivity contribution >= 4 is 10.0 Å². The van der Waals surface area contributed by atoms with Crippen molar-refractivity contribution in [2.45, 2.75) is 25.2 Å². The molecular weight excluding hydrogens is 293 g/mol. The number of sulfonamides is 1. The zero-order valence-electron chi connectivity index (χ0n) is 11.2. The van der Waals surface area contributed by atoms with E-state index in [2.05, 4.69) is 0 Å². The first-order valence-corrected chi connectivity index (χ1v) is 7.39. The third-order valence-corrected chi connectivity index (χ3v) is 4.91. The van der Waals surface area contributed by atoms with Gasteiger partial charge in [0.15, 0.2) is 0 Å². The molecule has 0 fully saturated rings. The summed E-state index contributed by atoms with van der Waals surface area (Å²) in [7, 11) is -4.13. The lowest BCUT2D eigenvalue weighted by Gasteiger charge is -2.23. The van der Waals surface area contributed by atoms with Gasteiger partial charge in [-0.1, -0.05) is 0 Å². The minimum absolute atomic E-state index is 0.0781. The van der Waals surface area contributed by atoms with Crippen molar-refractivity contribution < 1.29 is 21.6 Å². The van der Waals surface area contributed by atoms with Crippen LogP contribution in [0.3, 0.4) is 0 Å². The van der Waals surface area contributed by atoms with Crippen molar-refractivity contribution in [2.75, 3.05) is 19.6 Å². The average molecular weight is 310 g/mol. The number of nitrogens with zero attached hydrogens (tertiary/aromatic N) is 1. The van der Waals surface area contributed by atoms with E-state index in [-0.39, 0.29) is 29.1 Å². The van der Waals surface area contributed by atoms with Crippen LogP contribution in [-0.4, -0.2) is 38.8 Å². The molecule has 0 heterocycles. The Bertz CT molecular complexity index is 553. The summed E-state index contributed by atoms with van der Waals surface area (Å²) in [6, 6.07) is 2.12. The highest BCUT2D eigenvalue weighted by molar-refractivity contribution is 7.89. The van der Waals surface area contributed by atoms with Crippen molar-refractivity contribution in [3.63, 3.8) is 0 Å². The van der Waals surface area contributed by atoms with Crippen LogP contribution < -0.4 is 5.73 Å². The largest absolute Gasteiger partial charge is 0.329 e.